The van der Waals surface area contributed by atoms with Crippen LogP contribution in [0.5, 0.6) is 0 Å². The molecule has 0 aliphatic heterocycles. The Labute approximate surface area is 91.7 Å². The second-order valence-corrected chi connectivity index (χ2v) is 4.12. The van der Waals surface area contributed by atoms with Crippen molar-refractivity contribution in [3.8, 4) is 0 Å². The predicted octanol–water partition coefficient (Wildman–Crippen LogP) is 0.779. The van der Waals surface area contributed by atoms with E-state index in [1.54, 1.807) is 0 Å². The van der Waals surface area contributed by atoms with Crippen LogP contribution in [0.4, 0.5) is 5.95 Å². The molecule has 0 aromatic carbocycles. The molecule has 5 nitrogen and oxygen atoms in total. The van der Waals surface area contributed by atoms with Crippen molar-refractivity contribution in [2.75, 3.05) is 5.73 Å². The maximum atomic E-state index is 11.9. The van der Waals surface area contributed by atoms with Gasteiger partial charge in [0.05, 0.1) is 5.39 Å². The lowest BCUT2D eigenvalue weighted by Gasteiger charge is -2.16. The van der Waals surface area contributed by atoms with E-state index in [0.29, 0.717) is 11.0 Å². The highest BCUT2D eigenvalue weighted by Crippen LogP contribution is 2.24. The third-order valence-electron chi connectivity index (χ3n) is 3.07. The number of rotatable bonds is 0. The van der Waals surface area contributed by atoms with Crippen LogP contribution in [0, 0.1) is 0 Å². The Kier molecular flexibility index (Phi) is 1.92. The Balaban J connectivity index is 2.43. The number of nitrogens with two attached hydrogens (primary N) is 1. The molecule has 3 rings (SSSR count). The number of pyridine rings is 1. The molecule has 82 valence electrons. The lowest BCUT2D eigenvalue weighted by atomic mass is 9.91. The molecule has 1 aliphatic carbocycles. The number of aromatic amines is 1. The van der Waals surface area contributed by atoms with Gasteiger partial charge < -0.3 is 5.73 Å². The van der Waals surface area contributed by atoms with Gasteiger partial charge in [0.15, 0.2) is 5.65 Å². The lowest BCUT2D eigenvalue weighted by Crippen LogP contribution is -2.16. The summed E-state index contributed by atoms with van der Waals surface area (Å²) in [6, 6.07) is 0. The summed E-state index contributed by atoms with van der Waals surface area (Å²) < 4.78 is 0. The minimum absolute atomic E-state index is 0.126. The summed E-state index contributed by atoms with van der Waals surface area (Å²) in [5, 5.41) is 0.617. The zero-order valence-electron chi connectivity index (χ0n) is 8.79. The third-order valence-corrected chi connectivity index (χ3v) is 3.07. The number of nitrogen functional groups attached to an aromatic ring is 1. The number of aromatic nitrogens is 3. The standard InChI is InChI=1S/C11H12N4O/c12-11-14-9-8(10(16)15-11)7-4-2-1-3-6(7)5-13-9/h5H,1-4H2,(H3,12,13,14,15,16). The summed E-state index contributed by atoms with van der Waals surface area (Å²) in [6.07, 6.45) is 6.05. The topological polar surface area (TPSA) is 84.7 Å². The van der Waals surface area contributed by atoms with Crippen molar-refractivity contribution in [3.05, 3.63) is 27.7 Å². The van der Waals surface area contributed by atoms with Crippen LogP contribution in [-0.4, -0.2) is 15.0 Å². The van der Waals surface area contributed by atoms with Crippen molar-refractivity contribution >= 4 is 17.0 Å². The van der Waals surface area contributed by atoms with E-state index >= 15 is 0 Å². The van der Waals surface area contributed by atoms with Gasteiger partial charge in [-0.15, -0.1) is 0 Å². The minimum atomic E-state index is -0.172. The fourth-order valence-corrected chi connectivity index (χ4v) is 2.34. The van der Waals surface area contributed by atoms with Gasteiger partial charge in [0.25, 0.3) is 5.56 Å². The summed E-state index contributed by atoms with van der Waals surface area (Å²) >= 11 is 0. The lowest BCUT2D eigenvalue weighted by molar-refractivity contribution is 0.686. The maximum absolute atomic E-state index is 11.9. The number of hydrogen-bond donors (Lipinski definition) is 2. The van der Waals surface area contributed by atoms with Crippen LogP contribution < -0.4 is 11.3 Å². The normalized spacial score (nSPS) is 15.0. The Hall–Kier alpha value is -1.91. The molecule has 1 aliphatic rings. The number of anilines is 1. The molecule has 0 spiro atoms. The molecule has 0 amide bonds. The van der Waals surface area contributed by atoms with E-state index in [4.69, 9.17) is 5.73 Å². The highest BCUT2D eigenvalue weighted by molar-refractivity contribution is 5.79. The second kappa shape index (κ2) is 3.30. The number of nitrogens with one attached hydrogen (secondary N) is 1. The van der Waals surface area contributed by atoms with E-state index in [0.717, 1.165) is 24.8 Å². The first-order chi connectivity index (χ1) is 7.75. The summed E-state index contributed by atoms with van der Waals surface area (Å²) in [7, 11) is 0. The molecule has 5 heteroatoms. The van der Waals surface area contributed by atoms with Gasteiger partial charge in [-0.05, 0) is 36.8 Å². The molecule has 2 aromatic rings. The quantitative estimate of drug-likeness (QED) is 0.681. The van der Waals surface area contributed by atoms with Crippen molar-refractivity contribution in [1.29, 1.82) is 0 Å². The molecule has 0 atom stereocenters. The maximum Gasteiger partial charge on any atom is 0.262 e. The van der Waals surface area contributed by atoms with E-state index < -0.39 is 0 Å². The fourth-order valence-electron chi connectivity index (χ4n) is 2.34. The van der Waals surface area contributed by atoms with Gasteiger partial charge in [0.2, 0.25) is 5.95 Å². The van der Waals surface area contributed by atoms with E-state index in [2.05, 4.69) is 15.0 Å². The average Bonchev–Trinajstić information content (AvgIpc) is 2.28. The largest absolute Gasteiger partial charge is 0.369 e. The summed E-state index contributed by atoms with van der Waals surface area (Å²) in [4.78, 5) is 22.7. The van der Waals surface area contributed by atoms with E-state index in [9.17, 15) is 4.79 Å². The van der Waals surface area contributed by atoms with Gasteiger partial charge in [-0.1, -0.05) is 0 Å². The molecule has 0 bridgehead atoms. The Bertz CT molecular complexity index is 617. The zero-order chi connectivity index (χ0) is 11.1. The van der Waals surface area contributed by atoms with Gasteiger partial charge in [0.1, 0.15) is 0 Å². The summed E-state index contributed by atoms with van der Waals surface area (Å²) in [5.41, 5.74) is 8.06. The van der Waals surface area contributed by atoms with Crippen LogP contribution in [0.25, 0.3) is 11.0 Å². The van der Waals surface area contributed by atoms with Crippen LogP contribution >= 0.6 is 0 Å². The predicted molar refractivity (Wildman–Crippen MR) is 61.2 cm³/mol. The van der Waals surface area contributed by atoms with Crippen LogP contribution in [0.3, 0.4) is 0 Å². The monoisotopic (exact) mass is 216 g/mol. The number of nitrogens with zero attached hydrogens (tertiary/aromatic N) is 2. The number of hydrogen-bond acceptors (Lipinski definition) is 4. The fraction of sp³-hybridized carbons (Fsp3) is 0.364. The van der Waals surface area contributed by atoms with E-state index in [1.165, 1.54) is 12.0 Å². The number of aryl methyl sites for hydroxylation is 2. The molecule has 0 unspecified atom stereocenters. The number of H-pyrrole nitrogens is 1. The highest BCUT2D eigenvalue weighted by Gasteiger charge is 2.16. The first-order valence-corrected chi connectivity index (χ1v) is 5.42. The average molecular weight is 216 g/mol. The molecule has 16 heavy (non-hydrogen) atoms. The van der Waals surface area contributed by atoms with Crippen LogP contribution in [0.1, 0.15) is 24.0 Å². The van der Waals surface area contributed by atoms with Crippen LogP contribution in [-0.2, 0) is 12.8 Å². The molecule has 0 saturated carbocycles. The second-order valence-electron chi connectivity index (χ2n) is 4.12. The molecule has 2 heterocycles. The van der Waals surface area contributed by atoms with Gasteiger partial charge in [-0.3, -0.25) is 9.78 Å². The molecule has 3 N–H and O–H groups in total. The van der Waals surface area contributed by atoms with Crippen LogP contribution in [0.15, 0.2) is 11.0 Å². The van der Waals surface area contributed by atoms with Gasteiger partial charge in [-0.2, -0.15) is 4.98 Å². The van der Waals surface area contributed by atoms with Crippen molar-refractivity contribution in [1.82, 2.24) is 15.0 Å². The Morgan fingerprint density at radius 3 is 3.00 bits per heavy atom. The van der Waals surface area contributed by atoms with Gasteiger partial charge >= 0.3 is 0 Å². The van der Waals surface area contributed by atoms with Gasteiger partial charge in [-0.25, -0.2) is 4.98 Å². The SMILES string of the molecule is Nc1nc2ncc3c(c2c(=O)[nH]1)CCCC3. The molecule has 2 aromatic heterocycles. The number of fused-ring (bicyclic) bond motifs is 3. The molecule has 0 saturated heterocycles. The first kappa shape index (κ1) is 9.33. The molecule has 0 radical (unpaired) electrons. The Morgan fingerprint density at radius 1 is 1.31 bits per heavy atom. The smallest absolute Gasteiger partial charge is 0.262 e. The summed E-state index contributed by atoms with van der Waals surface area (Å²) in [5.74, 6) is 0.126. The van der Waals surface area contributed by atoms with E-state index in [-0.39, 0.29) is 11.5 Å². The molecular formula is C11H12N4O. The summed E-state index contributed by atoms with van der Waals surface area (Å²) in [6.45, 7) is 0. The van der Waals surface area contributed by atoms with Crippen molar-refractivity contribution in [3.63, 3.8) is 0 Å². The highest BCUT2D eigenvalue weighted by atomic mass is 16.1. The Morgan fingerprint density at radius 2 is 2.12 bits per heavy atom. The van der Waals surface area contributed by atoms with Crippen molar-refractivity contribution in [2.45, 2.75) is 25.7 Å². The van der Waals surface area contributed by atoms with Crippen LogP contribution in [0.2, 0.25) is 0 Å². The van der Waals surface area contributed by atoms with E-state index in [1.807, 2.05) is 6.20 Å². The molecular weight excluding hydrogens is 204 g/mol. The third kappa shape index (κ3) is 1.28. The van der Waals surface area contributed by atoms with Crippen molar-refractivity contribution < 1.29 is 0 Å². The minimum Gasteiger partial charge on any atom is -0.369 e. The first-order valence-electron chi connectivity index (χ1n) is 5.42. The van der Waals surface area contributed by atoms with Gasteiger partial charge in [0, 0.05) is 6.20 Å². The van der Waals surface area contributed by atoms with Crippen molar-refractivity contribution in [2.24, 2.45) is 0 Å². The molecule has 0 fully saturated rings. The zero-order valence-corrected chi connectivity index (χ0v) is 8.79.